The second kappa shape index (κ2) is 6.42. The summed E-state index contributed by atoms with van der Waals surface area (Å²) in [5, 5.41) is 5.29. The van der Waals surface area contributed by atoms with Gasteiger partial charge in [-0.25, -0.2) is 4.98 Å². The molecule has 0 aliphatic rings. The molecule has 0 spiro atoms. The van der Waals surface area contributed by atoms with Crippen LogP contribution >= 0.6 is 23.4 Å². The lowest BCUT2D eigenvalue weighted by Gasteiger charge is -2.02. The van der Waals surface area contributed by atoms with Gasteiger partial charge in [0.15, 0.2) is 0 Å². The molecular formula is C13H11ClN2OS. The van der Waals surface area contributed by atoms with E-state index in [1.807, 2.05) is 36.4 Å². The van der Waals surface area contributed by atoms with Gasteiger partial charge in [0, 0.05) is 16.7 Å². The highest BCUT2D eigenvalue weighted by atomic mass is 35.5. The van der Waals surface area contributed by atoms with E-state index < -0.39 is 0 Å². The van der Waals surface area contributed by atoms with E-state index >= 15 is 0 Å². The van der Waals surface area contributed by atoms with Crippen LogP contribution in [-0.4, -0.2) is 18.3 Å². The van der Waals surface area contributed by atoms with Crippen LogP contribution in [0.1, 0.15) is 5.56 Å². The Morgan fingerprint density at radius 1 is 1.28 bits per heavy atom. The summed E-state index contributed by atoms with van der Waals surface area (Å²) in [4.78, 5) is 9.92. The minimum atomic E-state index is 0.731. The van der Waals surface area contributed by atoms with Gasteiger partial charge in [0.1, 0.15) is 12.1 Å². The zero-order chi connectivity index (χ0) is 12.8. The van der Waals surface area contributed by atoms with E-state index in [0.717, 1.165) is 20.5 Å². The van der Waals surface area contributed by atoms with Crippen LogP contribution in [0.5, 0.6) is 0 Å². The smallest absolute Gasteiger partial charge is 0.106 e. The summed E-state index contributed by atoms with van der Waals surface area (Å²) in [5.74, 6) is 0. The lowest BCUT2D eigenvalue weighted by Crippen LogP contribution is -1.86. The Hall–Kier alpha value is -1.52. The first-order valence-electron chi connectivity index (χ1n) is 5.24. The average Bonchev–Trinajstić information content (AvgIpc) is 2.41. The Kier molecular flexibility index (Phi) is 4.61. The summed E-state index contributed by atoms with van der Waals surface area (Å²) in [6.07, 6.45) is 3.35. The van der Waals surface area contributed by atoms with Gasteiger partial charge >= 0.3 is 0 Å². The van der Waals surface area contributed by atoms with Gasteiger partial charge in [0.05, 0.1) is 11.2 Å². The SMILES string of the molecule is CO/N=C\c1ccc(Sc2ccccc2Cl)nc1. The third-order valence-corrected chi connectivity index (χ3v) is 3.59. The van der Waals surface area contributed by atoms with Gasteiger partial charge in [0.2, 0.25) is 0 Å². The van der Waals surface area contributed by atoms with E-state index in [4.69, 9.17) is 11.6 Å². The lowest BCUT2D eigenvalue weighted by molar-refractivity contribution is 0.215. The quantitative estimate of drug-likeness (QED) is 0.629. The fourth-order valence-electron chi connectivity index (χ4n) is 1.28. The number of rotatable bonds is 4. The van der Waals surface area contributed by atoms with Crippen LogP contribution in [0.3, 0.4) is 0 Å². The van der Waals surface area contributed by atoms with Crippen molar-refractivity contribution in [3.63, 3.8) is 0 Å². The molecular weight excluding hydrogens is 268 g/mol. The summed E-state index contributed by atoms with van der Waals surface area (Å²) >= 11 is 7.62. The van der Waals surface area contributed by atoms with Crippen molar-refractivity contribution in [3.05, 3.63) is 53.2 Å². The van der Waals surface area contributed by atoms with Crippen LogP contribution in [0.15, 0.2) is 57.7 Å². The second-order valence-electron chi connectivity index (χ2n) is 3.38. The van der Waals surface area contributed by atoms with Crippen LogP contribution in [0.2, 0.25) is 5.02 Å². The molecule has 0 aliphatic carbocycles. The van der Waals surface area contributed by atoms with Gasteiger partial charge in [0.25, 0.3) is 0 Å². The van der Waals surface area contributed by atoms with E-state index in [-0.39, 0.29) is 0 Å². The van der Waals surface area contributed by atoms with Crippen molar-refractivity contribution in [3.8, 4) is 0 Å². The Labute approximate surface area is 115 Å². The van der Waals surface area contributed by atoms with Crippen molar-refractivity contribution < 1.29 is 4.84 Å². The van der Waals surface area contributed by atoms with E-state index in [9.17, 15) is 0 Å². The van der Waals surface area contributed by atoms with E-state index in [0.29, 0.717) is 0 Å². The summed E-state index contributed by atoms with van der Waals surface area (Å²) < 4.78 is 0. The molecule has 0 bridgehead atoms. The molecule has 1 aromatic carbocycles. The molecule has 0 amide bonds. The highest BCUT2D eigenvalue weighted by molar-refractivity contribution is 7.99. The summed E-state index contributed by atoms with van der Waals surface area (Å²) in [5.41, 5.74) is 0.889. The fraction of sp³-hybridized carbons (Fsp3) is 0.0769. The van der Waals surface area contributed by atoms with E-state index in [2.05, 4.69) is 15.0 Å². The molecule has 2 rings (SSSR count). The second-order valence-corrected chi connectivity index (χ2v) is 4.85. The van der Waals surface area contributed by atoms with E-state index in [1.165, 1.54) is 18.9 Å². The summed E-state index contributed by atoms with van der Waals surface area (Å²) in [6, 6.07) is 11.5. The maximum atomic E-state index is 6.09. The fourth-order valence-corrected chi connectivity index (χ4v) is 2.31. The Bertz CT molecular complexity index is 543. The predicted octanol–water partition coefficient (Wildman–Crippen LogP) is 3.87. The number of halogens is 1. The van der Waals surface area contributed by atoms with Crippen LogP contribution in [0.25, 0.3) is 0 Å². The average molecular weight is 279 g/mol. The first-order valence-corrected chi connectivity index (χ1v) is 6.44. The number of hydrogen-bond acceptors (Lipinski definition) is 4. The molecule has 3 nitrogen and oxygen atoms in total. The summed E-state index contributed by atoms with van der Waals surface area (Å²) in [7, 11) is 1.51. The molecule has 0 fully saturated rings. The van der Waals surface area contributed by atoms with Crippen molar-refractivity contribution >= 4 is 29.6 Å². The van der Waals surface area contributed by atoms with Gasteiger partial charge in [-0.15, -0.1) is 0 Å². The first-order chi connectivity index (χ1) is 8.79. The number of nitrogens with zero attached hydrogens (tertiary/aromatic N) is 2. The number of aromatic nitrogens is 1. The minimum Gasteiger partial charge on any atom is -0.399 e. The van der Waals surface area contributed by atoms with Gasteiger partial charge in [-0.05, 0) is 24.3 Å². The summed E-state index contributed by atoms with van der Waals surface area (Å²) in [6.45, 7) is 0. The first kappa shape index (κ1) is 12.9. The zero-order valence-electron chi connectivity index (χ0n) is 9.71. The molecule has 0 saturated carbocycles. The molecule has 1 aromatic heterocycles. The van der Waals surface area contributed by atoms with Crippen molar-refractivity contribution in [2.24, 2.45) is 5.16 Å². The molecule has 0 N–H and O–H groups in total. The standard InChI is InChI=1S/C13H11ClN2OS/c1-17-16-9-10-6-7-13(15-8-10)18-12-5-3-2-4-11(12)14/h2-9H,1H3/b16-9-. The molecule has 1 heterocycles. The molecule has 2 aromatic rings. The molecule has 18 heavy (non-hydrogen) atoms. The number of benzene rings is 1. The molecule has 0 aliphatic heterocycles. The molecule has 92 valence electrons. The van der Waals surface area contributed by atoms with Gasteiger partial charge in [-0.1, -0.05) is 40.7 Å². The molecule has 5 heteroatoms. The lowest BCUT2D eigenvalue weighted by atomic mass is 10.3. The van der Waals surface area contributed by atoms with Crippen molar-refractivity contribution in [1.29, 1.82) is 0 Å². The normalized spacial score (nSPS) is 10.8. The van der Waals surface area contributed by atoms with Crippen molar-refractivity contribution in [2.45, 2.75) is 9.92 Å². The Morgan fingerprint density at radius 2 is 2.11 bits per heavy atom. The van der Waals surface area contributed by atoms with Crippen LogP contribution in [0.4, 0.5) is 0 Å². The Balaban J connectivity index is 2.11. The zero-order valence-corrected chi connectivity index (χ0v) is 11.3. The minimum absolute atomic E-state index is 0.731. The number of hydrogen-bond donors (Lipinski definition) is 0. The monoisotopic (exact) mass is 278 g/mol. The van der Waals surface area contributed by atoms with Crippen molar-refractivity contribution in [2.75, 3.05) is 7.11 Å². The third-order valence-electron chi connectivity index (χ3n) is 2.12. The van der Waals surface area contributed by atoms with Crippen LogP contribution in [0, 0.1) is 0 Å². The Morgan fingerprint density at radius 3 is 2.78 bits per heavy atom. The van der Waals surface area contributed by atoms with Gasteiger partial charge in [-0.2, -0.15) is 0 Å². The van der Waals surface area contributed by atoms with Gasteiger partial charge < -0.3 is 4.84 Å². The largest absolute Gasteiger partial charge is 0.399 e. The van der Waals surface area contributed by atoms with Crippen LogP contribution in [-0.2, 0) is 4.84 Å². The van der Waals surface area contributed by atoms with Gasteiger partial charge in [-0.3, -0.25) is 0 Å². The predicted molar refractivity (Wildman–Crippen MR) is 74.4 cm³/mol. The van der Waals surface area contributed by atoms with Crippen LogP contribution < -0.4 is 0 Å². The molecule has 0 saturated heterocycles. The van der Waals surface area contributed by atoms with E-state index in [1.54, 1.807) is 12.4 Å². The topological polar surface area (TPSA) is 34.5 Å². The van der Waals surface area contributed by atoms with Crippen molar-refractivity contribution in [1.82, 2.24) is 4.98 Å². The highest BCUT2D eigenvalue weighted by Crippen LogP contribution is 2.31. The third kappa shape index (κ3) is 3.48. The maximum Gasteiger partial charge on any atom is 0.106 e. The molecule has 0 radical (unpaired) electrons. The molecule has 0 atom stereocenters. The maximum absolute atomic E-state index is 6.09. The molecule has 0 unspecified atom stereocenters. The number of oxime groups is 1. The number of pyridine rings is 1. The highest BCUT2D eigenvalue weighted by Gasteiger charge is 2.02.